The van der Waals surface area contributed by atoms with Crippen molar-refractivity contribution in [1.29, 1.82) is 0 Å². The Hall–Kier alpha value is -5.03. The number of benzene rings is 3. The van der Waals surface area contributed by atoms with E-state index < -0.39 is 29.8 Å². The van der Waals surface area contributed by atoms with Crippen LogP contribution in [0.1, 0.15) is 74.5 Å². The fourth-order valence-corrected chi connectivity index (χ4v) is 6.07. The maximum Gasteiger partial charge on any atom is 0.308 e. The minimum Gasteiger partial charge on any atom is -0.427 e. The Labute approximate surface area is 260 Å². The molecule has 11 nitrogen and oxygen atoms in total. The first-order valence-electron chi connectivity index (χ1n) is 14.5. The van der Waals surface area contributed by atoms with Gasteiger partial charge in [-0.15, -0.1) is 0 Å². The Kier molecular flexibility index (Phi) is 9.01. The van der Waals surface area contributed by atoms with E-state index in [1.165, 1.54) is 34.6 Å². The molecule has 3 aromatic rings. The van der Waals surface area contributed by atoms with Gasteiger partial charge in [-0.1, -0.05) is 12.1 Å². The number of esters is 5. The minimum atomic E-state index is -0.558. The van der Waals surface area contributed by atoms with Crippen molar-refractivity contribution in [2.45, 2.75) is 66.0 Å². The molecule has 0 saturated carbocycles. The van der Waals surface area contributed by atoms with Gasteiger partial charge in [0.25, 0.3) is 0 Å². The zero-order valence-electron chi connectivity index (χ0n) is 25.6. The number of hydrogen-bond donors (Lipinski definition) is 0. The summed E-state index contributed by atoms with van der Waals surface area (Å²) >= 11 is 0. The lowest BCUT2D eigenvalue weighted by Gasteiger charge is -2.47. The SMILES string of the molecule is CC(=O)Oc1ccc(C[C@H]2c3cc(OC(C)=O)c(OC(C)=O)cc3CC3c4cc(OC(C)=O)c(OC(C)=O)cc4CCN32)cc1. The Morgan fingerprint density at radius 2 is 1.09 bits per heavy atom. The molecule has 0 N–H and O–H groups in total. The van der Waals surface area contributed by atoms with Gasteiger partial charge in [0.1, 0.15) is 5.75 Å². The van der Waals surface area contributed by atoms with Gasteiger partial charge in [0.2, 0.25) is 0 Å². The van der Waals surface area contributed by atoms with Crippen LogP contribution in [0.4, 0.5) is 0 Å². The van der Waals surface area contributed by atoms with E-state index in [4.69, 9.17) is 23.7 Å². The number of hydrogen-bond acceptors (Lipinski definition) is 11. The van der Waals surface area contributed by atoms with E-state index in [0.717, 1.165) is 27.8 Å². The number of carbonyl (C=O) groups excluding carboxylic acids is 5. The lowest BCUT2D eigenvalue weighted by Crippen LogP contribution is -2.43. The Morgan fingerprint density at radius 1 is 0.622 bits per heavy atom. The number of nitrogens with zero attached hydrogens (tertiary/aromatic N) is 1. The van der Waals surface area contributed by atoms with Gasteiger partial charge in [-0.2, -0.15) is 0 Å². The third-order valence-electron chi connectivity index (χ3n) is 7.61. The van der Waals surface area contributed by atoms with E-state index in [9.17, 15) is 24.0 Å². The van der Waals surface area contributed by atoms with Crippen LogP contribution in [-0.4, -0.2) is 41.3 Å². The Morgan fingerprint density at radius 3 is 1.60 bits per heavy atom. The summed E-state index contributed by atoms with van der Waals surface area (Å²) in [6, 6.07) is 13.9. The molecule has 0 fully saturated rings. The van der Waals surface area contributed by atoms with E-state index in [1.807, 2.05) is 12.1 Å². The summed E-state index contributed by atoms with van der Waals surface area (Å²) in [7, 11) is 0. The predicted molar refractivity (Wildman–Crippen MR) is 159 cm³/mol. The highest BCUT2D eigenvalue weighted by Gasteiger charge is 2.40. The normalized spacial score (nSPS) is 16.7. The lowest BCUT2D eigenvalue weighted by atomic mass is 9.79. The van der Waals surface area contributed by atoms with Crippen LogP contribution in [0.15, 0.2) is 48.5 Å². The van der Waals surface area contributed by atoms with E-state index in [1.54, 1.807) is 36.4 Å². The van der Waals surface area contributed by atoms with Gasteiger partial charge in [-0.05, 0) is 83.5 Å². The molecule has 2 heterocycles. The summed E-state index contributed by atoms with van der Waals surface area (Å²) in [4.78, 5) is 61.5. The molecule has 0 spiro atoms. The topological polar surface area (TPSA) is 135 Å². The molecule has 1 unspecified atom stereocenters. The molecular formula is C34H33NO10. The van der Waals surface area contributed by atoms with Crippen LogP contribution in [0.2, 0.25) is 0 Å². The number of carbonyl (C=O) groups is 5. The number of rotatable bonds is 7. The smallest absolute Gasteiger partial charge is 0.308 e. The molecule has 2 atom stereocenters. The van der Waals surface area contributed by atoms with Crippen LogP contribution in [0.25, 0.3) is 0 Å². The molecule has 0 aliphatic carbocycles. The highest BCUT2D eigenvalue weighted by atomic mass is 16.6. The van der Waals surface area contributed by atoms with E-state index in [-0.39, 0.29) is 35.1 Å². The summed E-state index contributed by atoms with van der Waals surface area (Å²) in [5, 5.41) is 0. The van der Waals surface area contributed by atoms with Gasteiger partial charge < -0.3 is 23.7 Å². The van der Waals surface area contributed by atoms with Crippen molar-refractivity contribution in [2.75, 3.05) is 6.54 Å². The summed E-state index contributed by atoms with van der Waals surface area (Å²) in [6.07, 6.45) is 1.68. The molecular weight excluding hydrogens is 582 g/mol. The standard InChI is InChI=1S/C34H33NO10/c1-18(36)41-26-8-6-23(7-9-26)12-29-28-17-34(45-22(5)40)32(43-20(3)38)15-25(28)13-30-27-16-33(44-21(4)39)31(42-19(2)37)14-24(27)10-11-35(29)30/h6-9,14-17,29-30H,10-13H2,1-5H3/t29-,30?/m0/s1. The third kappa shape index (κ3) is 7.21. The fraction of sp³-hybridized carbons (Fsp3) is 0.324. The largest absolute Gasteiger partial charge is 0.427 e. The van der Waals surface area contributed by atoms with Crippen LogP contribution < -0.4 is 23.7 Å². The molecule has 0 bridgehead atoms. The van der Waals surface area contributed by atoms with Gasteiger partial charge >= 0.3 is 29.8 Å². The van der Waals surface area contributed by atoms with Crippen LogP contribution in [0, 0.1) is 0 Å². The second-order valence-electron chi connectivity index (χ2n) is 11.0. The molecule has 45 heavy (non-hydrogen) atoms. The van der Waals surface area contributed by atoms with Gasteiger partial charge in [-0.3, -0.25) is 28.9 Å². The summed E-state index contributed by atoms with van der Waals surface area (Å²) in [5.74, 6) is -1.57. The number of fused-ring (bicyclic) bond motifs is 4. The van der Waals surface area contributed by atoms with Crippen molar-refractivity contribution in [1.82, 2.24) is 4.90 Å². The molecule has 0 radical (unpaired) electrons. The van der Waals surface area contributed by atoms with Gasteiger partial charge in [0, 0.05) is 53.2 Å². The lowest BCUT2D eigenvalue weighted by molar-refractivity contribution is -0.134. The molecule has 3 aromatic carbocycles. The van der Waals surface area contributed by atoms with Crippen LogP contribution >= 0.6 is 0 Å². The highest BCUT2D eigenvalue weighted by Crippen LogP contribution is 2.49. The first-order valence-corrected chi connectivity index (χ1v) is 14.5. The average molecular weight is 616 g/mol. The molecule has 2 aliphatic heterocycles. The van der Waals surface area contributed by atoms with E-state index in [2.05, 4.69) is 4.90 Å². The highest BCUT2D eigenvalue weighted by molar-refractivity contribution is 5.75. The van der Waals surface area contributed by atoms with Crippen molar-refractivity contribution in [2.24, 2.45) is 0 Å². The monoisotopic (exact) mass is 615 g/mol. The van der Waals surface area contributed by atoms with Crippen molar-refractivity contribution in [3.05, 3.63) is 76.3 Å². The average Bonchev–Trinajstić information content (AvgIpc) is 2.93. The number of ether oxygens (including phenoxy) is 5. The van der Waals surface area contributed by atoms with Gasteiger partial charge in [-0.25, -0.2) is 0 Å². The van der Waals surface area contributed by atoms with Crippen LogP contribution in [0.3, 0.4) is 0 Å². The molecule has 11 heteroatoms. The van der Waals surface area contributed by atoms with Crippen molar-refractivity contribution in [3.8, 4) is 28.7 Å². The summed E-state index contributed by atoms with van der Waals surface area (Å²) < 4.78 is 27.0. The van der Waals surface area contributed by atoms with Crippen LogP contribution in [0.5, 0.6) is 28.7 Å². The fourth-order valence-electron chi connectivity index (χ4n) is 6.07. The first-order chi connectivity index (χ1) is 21.4. The van der Waals surface area contributed by atoms with E-state index in [0.29, 0.717) is 31.6 Å². The first kappa shape index (κ1) is 31.4. The molecule has 0 aromatic heterocycles. The van der Waals surface area contributed by atoms with Gasteiger partial charge in [0.05, 0.1) is 0 Å². The zero-order chi connectivity index (χ0) is 32.4. The van der Waals surface area contributed by atoms with Gasteiger partial charge in [0.15, 0.2) is 23.0 Å². The van der Waals surface area contributed by atoms with Crippen molar-refractivity contribution < 1.29 is 47.7 Å². The summed E-state index contributed by atoms with van der Waals surface area (Å²) in [5.41, 5.74) is 4.62. The maximum atomic E-state index is 12.0. The zero-order valence-corrected chi connectivity index (χ0v) is 25.6. The molecule has 0 amide bonds. The summed E-state index contributed by atoms with van der Waals surface area (Å²) in [6.45, 7) is 7.10. The van der Waals surface area contributed by atoms with E-state index >= 15 is 0 Å². The second kappa shape index (κ2) is 12.9. The maximum absolute atomic E-state index is 12.0. The molecule has 234 valence electrons. The quantitative estimate of drug-likeness (QED) is 0.269. The molecule has 2 aliphatic rings. The minimum absolute atomic E-state index is 0.135. The van der Waals surface area contributed by atoms with Crippen molar-refractivity contribution >= 4 is 29.8 Å². The van der Waals surface area contributed by atoms with Crippen molar-refractivity contribution in [3.63, 3.8) is 0 Å². The Balaban J connectivity index is 1.63. The second-order valence-corrected chi connectivity index (χ2v) is 11.0. The Bertz CT molecular complexity index is 1690. The van der Waals surface area contributed by atoms with Crippen LogP contribution in [-0.2, 0) is 43.2 Å². The third-order valence-corrected chi connectivity index (χ3v) is 7.61. The molecule has 0 saturated heterocycles. The molecule has 5 rings (SSSR count). The predicted octanol–water partition coefficient (Wildman–Crippen LogP) is 4.75.